The molecule has 0 radical (unpaired) electrons. The van der Waals surface area contributed by atoms with Crippen molar-refractivity contribution in [2.24, 2.45) is 0 Å². The minimum absolute atomic E-state index is 0.0898. The van der Waals surface area contributed by atoms with E-state index in [1.165, 1.54) is 24.3 Å². The molecular formula is C13H15N3O4S. The second kappa shape index (κ2) is 6.06. The van der Waals surface area contributed by atoms with E-state index in [0.29, 0.717) is 5.56 Å². The van der Waals surface area contributed by atoms with Crippen molar-refractivity contribution in [3.05, 3.63) is 47.8 Å². The number of aromatic amines is 1. The van der Waals surface area contributed by atoms with Crippen LogP contribution in [0.5, 0.6) is 0 Å². The highest BCUT2D eigenvalue weighted by Gasteiger charge is 2.18. The van der Waals surface area contributed by atoms with Gasteiger partial charge in [0.2, 0.25) is 10.0 Å². The number of hydrogen-bond donors (Lipinski definition) is 3. The van der Waals surface area contributed by atoms with Crippen LogP contribution in [0.25, 0.3) is 0 Å². The molecule has 0 amide bonds. The van der Waals surface area contributed by atoms with Crippen LogP contribution in [0.15, 0.2) is 41.6 Å². The van der Waals surface area contributed by atoms with E-state index >= 15 is 0 Å². The Kier molecular flexibility index (Phi) is 4.39. The molecule has 21 heavy (non-hydrogen) atoms. The highest BCUT2D eigenvalue weighted by molar-refractivity contribution is 7.89. The number of H-pyrrole nitrogens is 1. The lowest BCUT2D eigenvalue weighted by Gasteiger charge is -2.12. The molecule has 0 bridgehead atoms. The fourth-order valence-corrected chi connectivity index (χ4v) is 3.06. The zero-order chi connectivity index (χ0) is 15.5. The molecule has 0 aliphatic heterocycles. The summed E-state index contributed by atoms with van der Waals surface area (Å²) in [7, 11) is -3.67. The summed E-state index contributed by atoms with van der Waals surface area (Å²) in [5.74, 6) is -0.961. The van der Waals surface area contributed by atoms with E-state index in [1.807, 2.05) is 0 Å². The van der Waals surface area contributed by atoms with Crippen LogP contribution in [0.1, 0.15) is 24.1 Å². The van der Waals surface area contributed by atoms with Crippen molar-refractivity contribution in [3.63, 3.8) is 0 Å². The van der Waals surface area contributed by atoms with Crippen LogP contribution in [-0.4, -0.2) is 29.7 Å². The number of carbonyl (C=O) groups is 1. The predicted octanol–water partition coefficient (Wildman–Crippen LogP) is 1.08. The maximum absolute atomic E-state index is 12.2. The first-order valence-corrected chi connectivity index (χ1v) is 7.68. The first-order chi connectivity index (χ1) is 9.88. The Hall–Kier alpha value is -2.19. The summed E-state index contributed by atoms with van der Waals surface area (Å²) in [4.78, 5) is 10.7. The van der Waals surface area contributed by atoms with Gasteiger partial charge in [-0.05, 0) is 24.6 Å². The van der Waals surface area contributed by atoms with E-state index in [1.54, 1.807) is 19.3 Å². The Balaban J connectivity index is 2.14. The van der Waals surface area contributed by atoms with E-state index in [0.717, 1.165) is 5.56 Å². The van der Waals surface area contributed by atoms with Crippen molar-refractivity contribution in [2.75, 3.05) is 0 Å². The first kappa shape index (κ1) is 15.2. The molecule has 1 aromatic heterocycles. The van der Waals surface area contributed by atoms with E-state index in [2.05, 4.69) is 14.9 Å². The number of sulfonamides is 1. The van der Waals surface area contributed by atoms with Crippen molar-refractivity contribution >= 4 is 16.0 Å². The lowest BCUT2D eigenvalue weighted by atomic mass is 10.2. The largest absolute Gasteiger partial charge is 0.481 e. The number of benzene rings is 1. The van der Waals surface area contributed by atoms with Crippen LogP contribution in [-0.2, 0) is 21.2 Å². The maximum atomic E-state index is 12.2. The number of carboxylic acid groups (broad SMARTS) is 1. The summed E-state index contributed by atoms with van der Waals surface area (Å²) in [6.45, 7) is 1.71. The standard InChI is InChI=1S/C13H15N3O4S/c1-9(11-7-14-15-8-11)16-21(19,20)12-4-2-10(3-5-12)6-13(17)18/h2-5,7-9,16H,6H2,1H3,(H,14,15)(H,17,18). The van der Waals surface area contributed by atoms with Crippen molar-refractivity contribution in [3.8, 4) is 0 Å². The van der Waals surface area contributed by atoms with Gasteiger partial charge in [0.15, 0.2) is 0 Å². The van der Waals surface area contributed by atoms with Gasteiger partial charge in [-0.2, -0.15) is 5.10 Å². The van der Waals surface area contributed by atoms with Crippen molar-refractivity contribution in [1.29, 1.82) is 0 Å². The molecule has 0 saturated carbocycles. The smallest absolute Gasteiger partial charge is 0.307 e. The molecule has 0 spiro atoms. The minimum atomic E-state index is -3.67. The van der Waals surface area contributed by atoms with Gasteiger partial charge in [0.25, 0.3) is 0 Å². The number of hydrogen-bond acceptors (Lipinski definition) is 4. The quantitative estimate of drug-likeness (QED) is 0.739. The number of carboxylic acids is 1. The topological polar surface area (TPSA) is 112 Å². The molecule has 1 heterocycles. The van der Waals surface area contributed by atoms with E-state index in [9.17, 15) is 13.2 Å². The number of nitrogens with one attached hydrogen (secondary N) is 2. The number of nitrogens with zero attached hydrogens (tertiary/aromatic N) is 1. The van der Waals surface area contributed by atoms with Gasteiger partial charge in [-0.1, -0.05) is 12.1 Å². The van der Waals surface area contributed by atoms with E-state index < -0.39 is 22.0 Å². The molecular weight excluding hydrogens is 294 g/mol. The van der Waals surface area contributed by atoms with Gasteiger partial charge in [0.1, 0.15) is 0 Å². The summed E-state index contributed by atoms with van der Waals surface area (Å²) in [5, 5.41) is 15.1. The molecule has 7 nitrogen and oxygen atoms in total. The fraction of sp³-hybridized carbons (Fsp3) is 0.231. The highest BCUT2D eigenvalue weighted by Crippen LogP contribution is 2.16. The van der Waals surface area contributed by atoms with Crippen LogP contribution in [0.3, 0.4) is 0 Å². The van der Waals surface area contributed by atoms with Crippen LogP contribution in [0.2, 0.25) is 0 Å². The van der Waals surface area contributed by atoms with Gasteiger partial charge in [-0.3, -0.25) is 9.89 Å². The Morgan fingerprint density at radius 1 is 1.38 bits per heavy atom. The van der Waals surface area contributed by atoms with Gasteiger partial charge in [0.05, 0.1) is 17.5 Å². The lowest BCUT2D eigenvalue weighted by molar-refractivity contribution is -0.136. The van der Waals surface area contributed by atoms with Crippen molar-refractivity contribution in [1.82, 2.24) is 14.9 Å². The average molecular weight is 309 g/mol. The second-order valence-electron chi connectivity index (χ2n) is 4.59. The number of rotatable bonds is 6. The van der Waals surface area contributed by atoms with Crippen LogP contribution in [0, 0.1) is 0 Å². The van der Waals surface area contributed by atoms with Crippen LogP contribution in [0.4, 0.5) is 0 Å². The van der Waals surface area contributed by atoms with E-state index in [4.69, 9.17) is 5.11 Å². The molecule has 2 aromatic rings. The summed E-state index contributed by atoms with van der Waals surface area (Å²) < 4.78 is 27.0. The third kappa shape index (κ3) is 3.89. The fourth-order valence-electron chi connectivity index (χ4n) is 1.83. The Morgan fingerprint density at radius 3 is 2.57 bits per heavy atom. The molecule has 112 valence electrons. The average Bonchev–Trinajstić information content (AvgIpc) is 2.92. The lowest BCUT2D eigenvalue weighted by Crippen LogP contribution is -2.26. The monoisotopic (exact) mass is 309 g/mol. The molecule has 3 N–H and O–H groups in total. The Morgan fingerprint density at radius 2 is 2.05 bits per heavy atom. The zero-order valence-corrected chi connectivity index (χ0v) is 12.1. The Labute approximate surface area is 122 Å². The maximum Gasteiger partial charge on any atom is 0.307 e. The van der Waals surface area contributed by atoms with Gasteiger partial charge < -0.3 is 5.11 Å². The van der Waals surface area contributed by atoms with Crippen LogP contribution < -0.4 is 4.72 Å². The van der Waals surface area contributed by atoms with Gasteiger partial charge in [0, 0.05) is 17.8 Å². The molecule has 0 saturated heterocycles. The van der Waals surface area contributed by atoms with Crippen molar-refractivity contribution < 1.29 is 18.3 Å². The molecule has 0 aliphatic carbocycles. The predicted molar refractivity (Wildman–Crippen MR) is 75.1 cm³/mol. The molecule has 0 aliphatic rings. The number of aliphatic carboxylic acids is 1. The molecule has 1 aromatic carbocycles. The minimum Gasteiger partial charge on any atom is -0.481 e. The summed E-state index contributed by atoms with van der Waals surface area (Å²) >= 11 is 0. The summed E-state index contributed by atoms with van der Waals surface area (Å²) in [6.07, 6.45) is 3.02. The van der Waals surface area contributed by atoms with Gasteiger partial charge in [-0.15, -0.1) is 0 Å². The first-order valence-electron chi connectivity index (χ1n) is 6.20. The SMILES string of the molecule is CC(NS(=O)(=O)c1ccc(CC(=O)O)cc1)c1cn[nH]c1. The van der Waals surface area contributed by atoms with Crippen molar-refractivity contribution in [2.45, 2.75) is 24.3 Å². The third-order valence-electron chi connectivity index (χ3n) is 2.94. The van der Waals surface area contributed by atoms with E-state index in [-0.39, 0.29) is 11.3 Å². The number of aromatic nitrogens is 2. The molecule has 8 heteroatoms. The molecule has 0 fully saturated rings. The molecule has 1 unspecified atom stereocenters. The van der Waals surface area contributed by atoms with Gasteiger partial charge in [-0.25, -0.2) is 13.1 Å². The normalized spacial score (nSPS) is 13.0. The summed E-state index contributed by atoms with van der Waals surface area (Å²) in [6, 6.07) is 5.34. The molecule has 1 atom stereocenters. The zero-order valence-electron chi connectivity index (χ0n) is 11.3. The molecule has 2 rings (SSSR count). The van der Waals surface area contributed by atoms with Crippen LogP contribution >= 0.6 is 0 Å². The Bertz CT molecular complexity index is 708. The third-order valence-corrected chi connectivity index (χ3v) is 4.50. The van der Waals surface area contributed by atoms with Gasteiger partial charge >= 0.3 is 5.97 Å². The highest BCUT2D eigenvalue weighted by atomic mass is 32.2. The summed E-state index contributed by atoms with van der Waals surface area (Å²) in [5.41, 5.74) is 1.27. The second-order valence-corrected chi connectivity index (χ2v) is 6.30.